The van der Waals surface area contributed by atoms with Crippen LogP contribution in [0.15, 0.2) is 24.3 Å². The van der Waals surface area contributed by atoms with E-state index in [1.54, 1.807) is 25.0 Å². The Hall–Kier alpha value is -3.16. The van der Waals surface area contributed by atoms with E-state index in [1.807, 2.05) is 18.2 Å². The molecule has 5 rings (SSSR count). The van der Waals surface area contributed by atoms with Crippen LogP contribution in [0.1, 0.15) is 76.2 Å². The highest BCUT2D eigenvalue weighted by molar-refractivity contribution is 6.02. The number of hydrogen-bond acceptors (Lipinski definition) is 5. The first kappa shape index (κ1) is 26.4. The quantitative estimate of drug-likeness (QED) is 0.539. The van der Waals surface area contributed by atoms with E-state index in [2.05, 4.69) is 24.1 Å². The van der Waals surface area contributed by atoms with E-state index in [0.717, 1.165) is 36.6 Å². The van der Waals surface area contributed by atoms with Crippen LogP contribution in [-0.4, -0.2) is 59.0 Å². The number of benzene rings is 1. The maximum atomic E-state index is 13.8. The summed E-state index contributed by atoms with van der Waals surface area (Å²) in [5.41, 5.74) is 1.13. The summed E-state index contributed by atoms with van der Waals surface area (Å²) in [6.07, 6.45) is 4.74. The first-order chi connectivity index (χ1) is 18.1. The van der Waals surface area contributed by atoms with Gasteiger partial charge < -0.3 is 19.9 Å². The van der Waals surface area contributed by atoms with E-state index in [1.165, 1.54) is 0 Å². The number of methoxy groups -OCH3 is 1. The van der Waals surface area contributed by atoms with Crippen molar-refractivity contribution in [3.05, 3.63) is 30.0 Å². The molecule has 2 aliphatic carbocycles. The third-order valence-electron chi connectivity index (χ3n) is 8.98. The third-order valence-corrected chi connectivity index (χ3v) is 8.98. The monoisotopic (exact) mass is 521 g/mol. The van der Waals surface area contributed by atoms with Gasteiger partial charge in [0.15, 0.2) is 5.78 Å². The molecule has 8 heteroatoms. The number of aromatic amines is 1. The van der Waals surface area contributed by atoms with Crippen LogP contribution in [0.4, 0.5) is 0 Å². The average Bonchev–Trinajstić information content (AvgIpc) is 3.64. The molecular weight excluding hydrogens is 482 g/mol. The fourth-order valence-corrected chi connectivity index (χ4v) is 7.17. The Morgan fingerprint density at radius 3 is 2.71 bits per heavy atom. The van der Waals surface area contributed by atoms with Gasteiger partial charge in [0, 0.05) is 36.2 Å². The van der Waals surface area contributed by atoms with Crippen LogP contribution in [0.25, 0.3) is 10.9 Å². The molecule has 3 fully saturated rings. The van der Waals surface area contributed by atoms with E-state index < -0.39 is 12.1 Å². The second-order valence-corrected chi connectivity index (χ2v) is 12.2. The lowest BCUT2D eigenvalue weighted by atomic mass is 9.87. The van der Waals surface area contributed by atoms with Gasteiger partial charge in [-0.3, -0.25) is 19.2 Å². The minimum absolute atomic E-state index is 0.0716. The van der Waals surface area contributed by atoms with Crippen molar-refractivity contribution in [3.63, 3.8) is 0 Å². The second-order valence-electron chi connectivity index (χ2n) is 12.2. The molecule has 2 heterocycles. The van der Waals surface area contributed by atoms with Gasteiger partial charge in [-0.2, -0.15) is 0 Å². The minimum Gasteiger partial charge on any atom is -0.496 e. The van der Waals surface area contributed by atoms with Gasteiger partial charge in [0.1, 0.15) is 23.3 Å². The van der Waals surface area contributed by atoms with Crippen molar-refractivity contribution in [1.82, 2.24) is 15.2 Å². The summed E-state index contributed by atoms with van der Waals surface area (Å²) in [6, 6.07) is 6.04. The predicted octanol–water partition coefficient (Wildman–Crippen LogP) is 4.28. The number of hydrogen-bond donors (Lipinski definition) is 2. The Bertz CT molecular complexity index is 1260. The van der Waals surface area contributed by atoms with Crippen molar-refractivity contribution >= 4 is 34.3 Å². The largest absolute Gasteiger partial charge is 0.496 e. The van der Waals surface area contributed by atoms with Gasteiger partial charge in [0.05, 0.1) is 13.2 Å². The van der Waals surface area contributed by atoms with E-state index in [-0.39, 0.29) is 53.0 Å². The number of fused-ring (bicyclic) bond motifs is 2. The maximum absolute atomic E-state index is 13.8. The number of carbonyl (C=O) groups excluding carboxylic acids is 4. The molecule has 1 aliphatic heterocycles. The Balaban J connectivity index is 1.38. The number of nitrogens with zero attached hydrogens (tertiary/aromatic N) is 1. The van der Waals surface area contributed by atoms with Crippen LogP contribution in [0.2, 0.25) is 0 Å². The zero-order valence-electron chi connectivity index (χ0n) is 22.8. The van der Waals surface area contributed by atoms with Gasteiger partial charge in [-0.1, -0.05) is 33.3 Å². The molecule has 2 N–H and O–H groups in total. The molecule has 1 aromatic heterocycles. The molecule has 1 aromatic carbocycles. The van der Waals surface area contributed by atoms with E-state index in [9.17, 15) is 19.2 Å². The number of aromatic nitrogens is 1. The SMILES string of the molecule is CCC(=O)[C@H](C[C@@H]1CC(C)(C)CC1=O)NC(=O)[C@@H]1[C@H]2CCC[C@H]2CN1C(=O)c1cc2c(OC)cccc2[nH]1. The number of carbonyl (C=O) groups is 4. The lowest BCUT2D eigenvalue weighted by Gasteiger charge is -2.29. The van der Waals surface area contributed by atoms with Crippen LogP contribution >= 0.6 is 0 Å². The highest BCUT2D eigenvalue weighted by Gasteiger charge is 2.50. The smallest absolute Gasteiger partial charge is 0.271 e. The van der Waals surface area contributed by atoms with Gasteiger partial charge in [-0.25, -0.2) is 0 Å². The third kappa shape index (κ3) is 4.85. The van der Waals surface area contributed by atoms with E-state index in [4.69, 9.17) is 4.74 Å². The molecular formula is C30H39N3O5. The molecule has 5 atom stereocenters. The lowest BCUT2D eigenvalue weighted by Crippen LogP contribution is -2.53. The number of H-pyrrole nitrogens is 1. The van der Waals surface area contributed by atoms with Crippen molar-refractivity contribution in [1.29, 1.82) is 0 Å². The zero-order valence-corrected chi connectivity index (χ0v) is 22.8. The summed E-state index contributed by atoms with van der Waals surface area (Å²) in [6.45, 7) is 6.45. The van der Waals surface area contributed by atoms with E-state index in [0.29, 0.717) is 30.8 Å². The Kier molecular flexibility index (Phi) is 7.09. The molecule has 2 amide bonds. The number of ketones is 2. The maximum Gasteiger partial charge on any atom is 0.271 e. The predicted molar refractivity (Wildman–Crippen MR) is 144 cm³/mol. The Labute approximate surface area is 223 Å². The van der Waals surface area contributed by atoms with Crippen molar-refractivity contribution in [2.45, 2.75) is 77.8 Å². The summed E-state index contributed by atoms with van der Waals surface area (Å²) >= 11 is 0. The van der Waals surface area contributed by atoms with Gasteiger partial charge in [-0.05, 0) is 61.1 Å². The summed E-state index contributed by atoms with van der Waals surface area (Å²) in [5.74, 6) is 0.386. The molecule has 1 saturated heterocycles. The molecule has 204 valence electrons. The van der Waals surface area contributed by atoms with Crippen molar-refractivity contribution in [3.8, 4) is 5.75 Å². The van der Waals surface area contributed by atoms with E-state index >= 15 is 0 Å². The minimum atomic E-state index is -0.718. The number of nitrogens with one attached hydrogen (secondary N) is 2. The lowest BCUT2D eigenvalue weighted by molar-refractivity contribution is -0.131. The Morgan fingerprint density at radius 1 is 1.24 bits per heavy atom. The van der Waals surface area contributed by atoms with Crippen molar-refractivity contribution in [2.24, 2.45) is 23.2 Å². The average molecular weight is 522 g/mol. The van der Waals surface area contributed by atoms with Gasteiger partial charge in [-0.15, -0.1) is 0 Å². The van der Waals surface area contributed by atoms with Gasteiger partial charge in [0.25, 0.3) is 5.91 Å². The van der Waals surface area contributed by atoms with Crippen LogP contribution in [0, 0.1) is 23.2 Å². The van der Waals surface area contributed by atoms with Gasteiger partial charge >= 0.3 is 0 Å². The van der Waals surface area contributed by atoms with Crippen LogP contribution in [-0.2, 0) is 14.4 Å². The molecule has 38 heavy (non-hydrogen) atoms. The number of amides is 2. The van der Waals surface area contributed by atoms with Crippen LogP contribution in [0.5, 0.6) is 5.75 Å². The topological polar surface area (TPSA) is 109 Å². The summed E-state index contributed by atoms with van der Waals surface area (Å²) in [7, 11) is 1.60. The second kappa shape index (κ2) is 10.2. The summed E-state index contributed by atoms with van der Waals surface area (Å²) in [4.78, 5) is 58.1. The number of ether oxygens (including phenoxy) is 1. The molecule has 0 spiro atoms. The summed E-state index contributed by atoms with van der Waals surface area (Å²) in [5, 5.41) is 3.83. The first-order valence-electron chi connectivity index (χ1n) is 13.9. The highest BCUT2D eigenvalue weighted by atomic mass is 16.5. The molecule has 0 bridgehead atoms. The fourth-order valence-electron chi connectivity index (χ4n) is 7.17. The zero-order chi connectivity index (χ0) is 27.2. The molecule has 2 aromatic rings. The van der Waals surface area contributed by atoms with Gasteiger partial charge in [0.2, 0.25) is 5.91 Å². The Morgan fingerprint density at radius 2 is 2.03 bits per heavy atom. The van der Waals surface area contributed by atoms with Crippen LogP contribution in [0.3, 0.4) is 0 Å². The van der Waals surface area contributed by atoms with Crippen molar-refractivity contribution in [2.75, 3.05) is 13.7 Å². The standard InChI is InChI=1S/C30H39N3O5/c1-5-24(34)22(12-18-14-30(2,3)15-25(18)35)32-28(36)27-19-9-6-8-17(19)16-33(27)29(37)23-13-20-21(31-23)10-7-11-26(20)38-4/h7,10-11,13,17-19,22,27,31H,5-6,8-9,12,14-16H2,1-4H3,(H,32,36)/t17-,18+,19-,22-,27-/m0/s1. The molecule has 8 nitrogen and oxygen atoms in total. The molecule has 0 unspecified atom stereocenters. The molecule has 2 saturated carbocycles. The summed E-state index contributed by atoms with van der Waals surface area (Å²) < 4.78 is 5.45. The first-order valence-corrected chi connectivity index (χ1v) is 13.9. The number of Topliss-reactive ketones (excluding diaryl/α,β-unsaturated/α-hetero) is 2. The molecule has 3 aliphatic rings. The highest BCUT2D eigenvalue weighted by Crippen LogP contribution is 2.44. The molecule has 0 radical (unpaired) electrons. The number of likely N-dealkylation sites (tertiary alicyclic amines) is 1. The normalized spacial score (nSPS) is 26.9. The van der Waals surface area contributed by atoms with Crippen molar-refractivity contribution < 1.29 is 23.9 Å². The van der Waals surface area contributed by atoms with Crippen LogP contribution < -0.4 is 10.1 Å². The fraction of sp³-hybridized carbons (Fsp3) is 0.600. The number of rotatable bonds is 8.